The summed E-state index contributed by atoms with van der Waals surface area (Å²) in [5, 5.41) is 9.10. The van der Waals surface area contributed by atoms with Gasteiger partial charge in [0, 0.05) is 18.2 Å². The molecule has 0 radical (unpaired) electrons. The van der Waals surface area contributed by atoms with Crippen molar-refractivity contribution in [3.05, 3.63) is 18.2 Å². The van der Waals surface area contributed by atoms with Crippen LogP contribution < -0.4 is 9.47 Å². The summed E-state index contributed by atoms with van der Waals surface area (Å²) in [4.78, 5) is 0. The van der Waals surface area contributed by atoms with Crippen LogP contribution in [0.1, 0.15) is 13.8 Å². The van der Waals surface area contributed by atoms with Gasteiger partial charge in [0.25, 0.3) is 0 Å². The number of phenols is 1. The Kier molecular flexibility index (Phi) is 5.52. The van der Waals surface area contributed by atoms with Crippen molar-refractivity contribution in [1.82, 2.24) is 0 Å². The van der Waals surface area contributed by atoms with Crippen LogP contribution in [0, 0.1) is 0 Å². The van der Waals surface area contributed by atoms with Gasteiger partial charge in [-0.15, -0.1) is 0 Å². The van der Waals surface area contributed by atoms with E-state index in [9.17, 15) is 0 Å². The standard InChI is InChI=1S/C8H10O3.C2H6/c1-10-7-3-6(9)4-8(5-7)11-2;1-2/h3-5,9H,1-2H3;1-2H3. The lowest BCUT2D eigenvalue weighted by atomic mass is 10.3. The van der Waals surface area contributed by atoms with E-state index in [4.69, 9.17) is 14.6 Å². The van der Waals surface area contributed by atoms with Crippen molar-refractivity contribution in [1.29, 1.82) is 0 Å². The van der Waals surface area contributed by atoms with E-state index in [1.807, 2.05) is 13.8 Å². The topological polar surface area (TPSA) is 38.7 Å². The maximum Gasteiger partial charge on any atom is 0.126 e. The Balaban J connectivity index is 0.000000671. The van der Waals surface area contributed by atoms with Crippen molar-refractivity contribution < 1.29 is 14.6 Å². The molecule has 0 aliphatic carbocycles. The van der Waals surface area contributed by atoms with E-state index in [0.717, 1.165) is 0 Å². The summed E-state index contributed by atoms with van der Waals surface area (Å²) in [5.74, 6) is 1.31. The van der Waals surface area contributed by atoms with Gasteiger partial charge in [-0.1, -0.05) is 13.8 Å². The lowest BCUT2D eigenvalue weighted by Gasteiger charge is -2.03. The minimum atomic E-state index is 0.140. The van der Waals surface area contributed by atoms with Gasteiger partial charge < -0.3 is 14.6 Å². The summed E-state index contributed by atoms with van der Waals surface area (Å²) in [5.41, 5.74) is 0. The highest BCUT2D eigenvalue weighted by Gasteiger charge is 1.98. The summed E-state index contributed by atoms with van der Waals surface area (Å²) < 4.78 is 9.80. The first-order valence-electron chi connectivity index (χ1n) is 4.18. The van der Waals surface area contributed by atoms with E-state index < -0.39 is 0 Å². The summed E-state index contributed by atoms with van der Waals surface area (Å²) in [6.45, 7) is 4.00. The van der Waals surface area contributed by atoms with Gasteiger partial charge in [-0.3, -0.25) is 0 Å². The fraction of sp³-hybridized carbons (Fsp3) is 0.400. The smallest absolute Gasteiger partial charge is 0.126 e. The first-order valence-corrected chi connectivity index (χ1v) is 4.18. The molecule has 1 aromatic rings. The minimum Gasteiger partial charge on any atom is -0.508 e. The van der Waals surface area contributed by atoms with Crippen LogP contribution >= 0.6 is 0 Å². The Labute approximate surface area is 78.9 Å². The van der Waals surface area contributed by atoms with Gasteiger partial charge in [0.1, 0.15) is 17.2 Å². The molecule has 3 heteroatoms. The van der Waals surface area contributed by atoms with Crippen molar-refractivity contribution in [2.75, 3.05) is 14.2 Å². The van der Waals surface area contributed by atoms with Crippen molar-refractivity contribution in [3.63, 3.8) is 0 Å². The highest BCUT2D eigenvalue weighted by atomic mass is 16.5. The molecule has 0 aliphatic rings. The van der Waals surface area contributed by atoms with E-state index in [1.54, 1.807) is 6.07 Å². The number of benzene rings is 1. The molecule has 3 nitrogen and oxygen atoms in total. The number of hydrogen-bond donors (Lipinski definition) is 1. The van der Waals surface area contributed by atoms with Crippen LogP contribution in [0.15, 0.2) is 18.2 Å². The number of ether oxygens (including phenoxy) is 2. The van der Waals surface area contributed by atoms with Crippen LogP contribution in [0.2, 0.25) is 0 Å². The molecule has 0 aromatic heterocycles. The molecule has 0 saturated carbocycles. The first kappa shape index (κ1) is 11.6. The zero-order valence-corrected chi connectivity index (χ0v) is 8.50. The number of methoxy groups -OCH3 is 2. The van der Waals surface area contributed by atoms with Crippen molar-refractivity contribution >= 4 is 0 Å². The normalized spacial score (nSPS) is 8.31. The lowest BCUT2D eigenvalue weighted by Crippen LogP contribution is -1.85. The molecule has 0 saturated heterocycles. The molecule has 13 heavy (non-hydrogen) atoms. The number of hydrogen-bond acceptors (Lipinski definition) is 3. The van der Waals surface area contributed by atoms with Crippen LogP contribution in [0.25, 0.3) is 0 Å². The molecule has 0 unspecified atom stereocenters. The third-order valence-electron chi connectivity index (χ3n) is 1.34. The molecule has 0 atom stereocenters. The monoisotopic (exact) mass is 184 g/mol. The summed E-state index contributed by atoms with van der Waals surface area (Å²) in [6, 6.07) is 4.73. The zero-order chi connectivity index (χ0) is 10.3. The quantitative estimate of drug-likeness (QED) is 0.767. The minimum absolute atomic E-state index is 0.140. The fourth-order valence-electron chi connectivity index (χ4n) is 0.792. The molecule has 0 amide bonds. The second-order valence-corrected chi connectivity index (χ2v) is 2.07. The van der Waals surface area contributed by atoms with Crippen LogP contribution in [-0.4, -0.2) is 19.3 Å². The van der Waals surface area contributed by atoms with Crippen LogP contribution in [0.5, 0.6) is 17.2 Å². The van der Waals surface area contributed by atoms with Gasteiger partial charge in [0.15, 0.2) is 0 Å². The molecule has 0 aliphatic heterocycles. The lowest BCUT2D eigenvalue weighted by molar-refractivity contribution is 0.385. The zero-order valence-electron chi connectivity index (χ0n) is 8.50. The van der Waals surface area contributed by atoms with Gasteiger partial charge in [0.2, 0.25) is 0 Å². The maximum atomic E-state index is 9.10. The van der Waals surface area contributed by atoms with Crippen molar-refractivity contribution in [2.45, 2.75) is 13.8 Å². The molecule has 1 aromatic carbocycles. The van der Waals surface area contributed by atoms with Crippen molar-refractivity contribution in [2.24, 2.45) is 0 Å². The predicted octanol–water partition coefficient (Wildman–Crippen LogP) is 2.44. The van der Waals surface area contributed by atoms with Gasteiger partial charge in [-0.25, -0.2) is 0 Å². The SMILES string of the molecule is CC.COc1cc(O)cc(OC)c1. The third kappa shape index (κ3) is 3.69. The fourth-order valence-corrected chi connectivity index (χ4v) is 0.792. The Morgan fingerprint density at radius 3 is 1.62 bits per heavy atom. The average Bonchev–Trinajstić information content (AvgIpc) is 2.20. The molecular formula is C10H16O3. The van der Waals surface area contributed by atoms with E-state index in [-0.39, 0.29) is 5.75 Å². The Morgan fingerprint density at radius 2 is 1.31 bits per heavy atom. The Morgan fingerprint density at radius 1 is 0.923 bits per heavy atom. The molecule has 0 fully saturated rings. The predicted molar refractivity (Wildman–Crippen MR) is 52.6 cm³/mol. The number of aromatic hydroxyl groups is 1. The van der Waals surface area contributed by atoms with Crippen LogP contribution in [0.4, 0.5) is 0 Å². The second-order valence-electron chi connectivity index (χ2n) is 2.07. The van der Waals surface area contributed by atoms with Crippen LogP contribution in [-0.2, 0) is 0 Å². The summed E-state index contributed by atoms with van der Waals surface area (Å²) in [6.07, 6.45) is 0. The average molecular weight is 184 g/mol. The summed E-state index contributed by atoms with van der Waals surface area (Å²) in [7, 11) is 3.07. The van der Waals surface area contributed by atoms with Gasteiger partial charge in [-0.2, -0.15) is 0 Å². The van der Waals surface area contributed by atoms with Crippen molar-refractivity contribution in [3.8, 4) is 17.2 Å². The Hall–Kier alpha value is -1.38. The van der Waals surface area contributed by atoms with Gasteiger partial charge in [-0.05, 0) is 0 Å². The van der Waals surface area contributed by atoms with E-state index in [2.05, 4.69) is 0 Å². The second kappa shape index (κ2) is 6.17. The maximum absolute atomic E-state index is 9.10. The number of phenolic OH excluding ortho intramolecular Hbond substituents is 1. The summed E-state index contributed by atoms with van der Waals surface area (Å²) >= 11 is 0. The van der Waals surface area contributed by atoms with E-state index in [0.29, 0.717) is 11.5 Å². The van der Waals surface area contributed by atoms with Gasteiger partial charge >= 0.3 is 0 Å². The highest BCUT2D eigenvalue weighted by Crippen LogP contribution is 2.25. The molecule has 1 rings (SSSR count). The van der Waals surface area contributed by atoms with E-state index >= 15 is 0 Å². The highest BCUT2D eigenvalue weighted by molar-refractivity contribution is 5.41. The first-order chi connectivity index (χ1) is 6.26. The Bertz CT molecular complexity index is 224. The molecular weight excluding hydrogens is 168 g/mol. The van der Waals surface area contributed by atoms with Crippen LogP contribution in [0.3, 0.4) is 0 Å². The molecule has 0 heterocycles. The molecule has 74 valence electrons. The van der Waals surface area contributed by atoms with Gasteiger partial charge in [0.05, 0.1) is 14.2 Å². The largest absolute Gasteiger partial charge is 0.508 e. The molecule has 1 N–H and O–H groups in total. The molecule has 0 spiro atoms. The number of rotatable bonds is 2. The molecule has 0 bridgehead atoms. The van der Waals surface area contributed by atoms with E-state index in [1.165, 1.54) is 26.4 Å². The third-order valence-corrected chi connectivity index (χ3v) is 1.34.